The zero-order chi connectivity index (χ0) is 13.0. The van der Waals surface area contributed by atoms with Crippen molar-refractivity contribution in [3.05, 3.63) is 53.7 Å². The van der Waals surface area contributed by atoms with Gasteiger partial charge in [-0.05, 0) is 31.2 Å². The second-order valence-corrected chi connectivity index (χ2v) is 4.07. The van der Waals surface area contributed by atoms with Crippen molar-refractivity contribution in [1.82, 2.24) is 0 Å². The minimum Gasteiger partial charge on any atom is -0.467 e. The highest BCUT2D eigenvalue weighted by Crippen LogP contribution is 2.20. The van der Waals surface area contributed by atoms with Gasteiger partial charge in [0.15, 0.2) is 0 Å². The first kappa shape index (κ1) is 12.6. The van der Waals surface area contributed by atoms with Gasteiger partial charge in [0.05, 0.1) is 12.8 Å². The molecule has 2 aromatic rings. The fourth-order valence-electron chi connectivity index (χ4n) is 1.92. The molecule has 0 bridgehead atoms. The van der Waals surface area contributed by atoms with Gasteiger partial charge in [-0.3, -0.25) is 0 Å². The third-order valence-electron chi connectivity index (χ3n) is 2.95. The number of rotatable bonds is 5. The Balaban J connectivity index is 2.20. The van der Waals surface area contributed by atoms with E-state index in [1.54, 1.807) is 12.3 Å². The molecule has 96 valence electrons. The monoisotopic (exact) mass is 248 g/mol. The first-order valence-corrected chi connectivity index (χ1v) is 6.00. The van der Waals surface area contributed by atoms with Crippen LogP contribution in [0.1, 0.15) is 18.2 Å². The van der Waals surface area contributed by atoms with Crippen LogP contribution >= 0.6 is 0 Å². The van der Waals surface area contributed by atoms with E-state index >= 15 is 0 Å². The molecule has 2 N–H and O–H groups in total. The lowest BCUT2D eigenvalue weighted by molar-refractivity contribution is 0.498. The SMILES string of the molecule is CCN(Cc1occc1CN)c1cccc(F)c1. The lowest BCUT2D eigenvalue weighted by Gasteiger charge is -2.22. The zero-order valence-electron chi connectivity index (χ0n) is 10.4. The Bertz CT molecular complexity index is 510. The predicted octanol–water partition coefficient (Wildman–Crippen LogP) is 2.90. The molecule has 0 aliphatic carbocycles. The molecule has 1 aromatic heterocycles. The zero-order valence-corrected chi connectivity index (χ0v) is 10.4. The molecule has 18 heavy (non-hydrogen) atoms. The summed E-state index contributed by atoms with van der Waals surface area (Å²) in [5.74, 6) is 0.605. The van der Waals surface area contributed by atoms with E-state index in [2.05, 4.69) is 0 Å². The molecule has 0 atom stereocenters. The van der Waals surface area contributed by atoms with Crippen LogP contribution in [0.4, 0.5) is 10.1 Å². The molecule has 3 nitrogen and oxygen atoms in total. The molecular formula is C14H17FN2O. The summed E-state index contributed by atoms with van der Waals surface area (Å²) in [5.41, 5.74) is 7.47. The third-order valence-corrected chi connectivity index (χ3v) is 2.95. The molecule has 0 radical (unpaired) electrons. The van der Waals surface area contributed by atoms with E-state index < -0.39 is 0 Å². The van der Waals surface area contributed by atoms with E-state index in [1.807, 2.05) is 24.0 Å². The maximum Gasteiger partial charge on any atom is 0.127 e. The van der Waals surface area contributed by atoms with Gasteiger partial charge in [0.2, 0.25) is 0 Å². The molecule has 0 saturated heterocycles. The van der Waals surface area contributed by atoms with Crippen molar-refractivity contribution in [3.63, 3.8) is 0 Å². The maximum atomic E-state index is 13.2. The van der Waals surface area contributed by atoms with Crippen LogP contribution in [0.2, 0.25) is 0 Å². The van der Waals surface area contributed by atoms with Crippen LogP contribution in [0.5, 0.6) is 0 Å². The van der Waals surface area contributed by atoms with Gasteiger partial charge >= 0.3 is 0 Å². The molecule has 0 saturated carbocycles. The first-order chi connectivity index (χ1) is 8.74. The van der Waals surface area contributed by atoms with Gasteiger partial charge in [0, 0.05) is 24.3 Å². The summed E-state index contributed by atoms with van der Waals surface area (Å²) < 4.78 is 18.6. The molecule has 4 heteroatoms. The molecule has 1 heterocycles. The van der Waals surface area contributed by atoms with Crippen LogP contribution in [0.15, 0.2) is 41.0 Å². The van der Waals surface area contributed by atoms with E-state index in [9.17, 15) is 4.39 Å². The fraction of sp³-hybridized carbons (Fsp3) is 0.286. The lowest BCUT2D eigenvalue weighted by atomic mass is 10.2. The van der Waals surface area contributed by atoms with E-state index in [-0.39, 0.29) is 5.82 Å². The molecule has 0 spiro atoms. The van der Waals surface area contributed by atoms with E-state index in [0.717, 1.165) is 23.6 Å². The van der Waals surface area contributed by atoms with Gasteiger partial charge in [-0.25, -0.2) is 4.39 Å². The molecule has 0 unspecified atom stereocenters. The van der Waals surface area contributed by atoms with Crippen LogP contribution in [-0.4, -0.2) is 6.54 Å². The number of hydrogen-bond donors (Lipinski definition) is 1. The van der Waals surface area contributed by atoms with Gasteiger partial charge in [-0.15, -0.1) is 0 Å². The van der Waals surface area contributed by atoms with Gasteiger partial charge in [-0.2, -0.15) is 0 Å². The van der Waals surface area contributed by atoms with Gasteiger partial charge < -0.3 is 15.1 Å². The number of nitrogens with two attached hydrogens (primary N) is 1. The van der Waals surface area contributed by atoms with E-state index in [4.69, 9.17) is 10.2 Å². The normalized spacial score (nSPS) is 10.6. The molecule has 0 amide bonds. The maximum absolute atomic E-state index is 13.2. The van der Waals surface area contributed by atoms with Crippen LogP contribution in [0, 0.1) is 5.82 Å². The number of anilines is 1. The van der Waals surface area contributed by atoms with Gasteiger partial charge in [0.1, 0.15) is 11.6 Å². The number of halogens is 1. The number of nitrogens with zero attached hydrogens (tertiary/aromatic N) is 1. The summed E-state index contributed by atoms with van der Waals surface area (Å²) in [5, 5.41) is 0. The minimum atomic E-state index is -0.232. The highest BCUT2D eigenvalue weighted by atomic mass is 19.1. The Kier molecular flexibility index (Phi) is 3.99. The van der Waals surface area contributed by atoms with Crippen molar-refractivity contribution >= 4 is 5.69 Å². The molecule has 0 aliphatic rings. The van der Waals surface area contributed by atoms with E-state index in [1.165, 1.54) is 12.1 Å². The van der Waals surface area contributed by atoms with Crippen LogP contribution in [0.3, 0.4) is 0 Å². The fourth-order valence-corrected chi connectivity index (χ4v) is 1.92. The van der Waals surface area contributed by atoms with E-state index in [0.29, 0.717) is 13.1 Å². The summed E-state index contributed by atoms with van der Waals surface area (Å²) in [6.07, 6.45) is 1.64. The average Bonchev–Trinajstić information content (AvgIpc) is 2.83. The Labute approximate surface area is 106 Å². The molecule has 0 fully saturated rings. The van der Waals surface area contributed by atoms with Crippen molar-refractivity contribution < 1.29 is 8.81 Å². The highest BCUT2D eigenvalue weighted by Gasteiger charge is 2.11. The van der Waals surface area contributed by atoms with Crippen molar-refractivity contribution in [2.75, 3.05) is 11.4 Å². The summed E-state index contributed by atoms with van der Waals surface area (Å²) in [6.45, 7) is 3.84. The topological polar surface area (TPSA) is 42.4 Å². The van der Waals surface area contributed by atoms with Crippen molar-refractivity contribution in [2.24, 2.45) is 5.73 Å². The molecular weight excluding hydrogens is 231 g/mol. The smallest absolute Gasteiger partial charge is 0.127 e. The van der Waals surface area contributed by atoms with Gasteiger partial charge in [-0.1, -0.05) is 6.07 Å². The molecule has 1 aromatic carbocycles. The molecule has 2 rings (SSSR count). The van der Waals surface area contributed by atoms with Gasteiger partial charge in [0.25, 0.3) is 0 Å². The van der Waals surface area contributed by atoms with Crippen LogP contribution < -0.4 is 10.6 Å². The Morgan fingerprint density at radius 1 is 1.33 bits per heavy atom. The number of benzene rings is 1. The van der Waals surface area contributed by atoms with Crippen molar-refractivity contribution in [3.8, 4) is 0 Å². The first-order valence-electron chi connectivity index (χ1n) is 6.00. The summed E-state index contributed by atoms with van der Waals surface area (Å²) in [6, 6.07) is 8.43. The molecule has 0 aliphatic heterocycles. The summed E-state index contributed by atoms with van der Waals surface area (Å²) in [4.78, 5) is 2.04. The average molecular weight is 248 g/mol. The second-order valence-electron chi connectivity index (χ2n) is 4.07. The largest absolute Gasteiger partial charge is 0.467 e. The second kappa shape index (κ2) is 5.69. The number of hydrogen-bond acceptors (Lipinski definition) is 3. The third kappa shape index (κ3) is 2.71. The summed E-state index contributed by atoms with van der Waals surface area (Å²) >= 11 is 0. The lowest BCUT2D eigenvalue weighted by Crippen LogP contribution is -2.22. The van der Waals surface area contributed by atoms with Crippen LogP contribution in [0.25, 0.3) is 0 Å². The minimum absolute atomic E-state index is 0.232. The Morgan fingerprint density at radius 3 is 2.83 bits per heavy atom. The Morgan fingerprint density at radius 2 is 2.17 bits per heavy atom. The Hall–Kier alpha value is -1.81. The predicted molar refractivity (Wildman–Crippen MR) is 69.7 cm³/mol. The summed E-state index contributed by atoms with van der Waals surface area (Å²) in [7, 11) is 0. The van der Waals surface area contributed by atoms with Crippen molar-refractivity contribution in [2.45, 2.75) is 20.0 Å². The standard InChI is InChI=1S/C14H17FN2O/c1-2-17(13-5-3-4-12(15)8-13)10-14-11(9-16)6-7-18-14/h3-8H,2,9-10,16H2,1H3. The van der Waals surface area contributed by atoms with Crippen LogP contribution in [-0.2, 0) is 13.1 Å². The quantitative estimate of drug-likeness (QED) is 0.884. The highest BCUT2D eigenvalue weighted by molar-refractivity contribution is 5.46. The number of furan rings is 1. The van der Waals surface area contributed by atoms with Crippen molar-refractivity contribution in [1.29, 1.82) is 0 Å².